The maximum atomic E-state index is 13.1. The number of carbonyl (C=O) groups is 4. The number of benzene rings is 3. The molecule has 0 saturated carbocycles. The first kappa shape index (κ1) is 26.0. The molecule has 0 unspecified atom stereocenters. The molecule has 10 heteroatoms. The average molecular weight is 595 g/mol. The highest BCUT2D eigenvalue weighted by Gasteiger charge is 2.37. The Hall–Kier alpha value is -3.63. The van der Waals surface area contributed by atoms with E-state index in [9.17, 15) is 19.2 Å². The topological polar surface area (TPSA) is 93.2 Å². The van der Waals surface area contributed by atoms with Crippen LogP contribution in [0.4, 0.5) is 4.79 Å². The van der Waals surface area contributed by atoms with Crippen LogP contribution in [-0.4, -0.2) is 59.6 Å². The van der Waals surface area contributed by atoms with Gasteiger partial charge >= 0.3 is 5.97 Å². The first-order valence-corrected chi connectivity index (χ1v) is 13.6. The van der Waals surface area contributed by atoms with E-state index < -0.39 is 17.1 Å². The summed E-state index contributed by atoms with van der Waals surface area (Å²) in [4.78, 5) is 53.8. The number of ether oxygens (including phenoxy) is 2. The lowest BCUT2D eigenvalue weighted by atomic mass is 10.0. The van der Waals surface area contributed by atoms with Gasteiger partial charge in [-0.05, 0) is 81.1 Å². The molecule has 2 heterocycles. The van der Waals surface area contributed by atoms with Crippen molar-refractivity contribution in [1.29, 1.82) is 0 Å². The van der Waals surface area contributed by atoms with Crippen molar-refractivity contribution in [2.45, 2.75) is 12.8 Å². The Balaban J connectivity index is 1.37. The van der Waals surface area contributed by atoms with Crippen LogP contribution in [0.15, 0.2) is 64.0 Å². The van der Waals surface area contributed by atoms with Gasteiger partial charge in [0.25, 0.3) is 11.1 Å². The van der Waals surface area contributed by atoms with Crippen molar-refractivity contribution in [3.8, 4) is 11.5 Å². The number of carbonyl (C=O) groups excluding carboxylic acids is 4. The van der Waals surface area contributed by atoms with Crippen LogP contribution in [0.25, 0.3) is 16.8 Å². The second kappa shape index (κ2) is 11.0. The molecule has 0 spiro atoms. The first-order valence-electron chi connectivity index (χ1n) is 12.0. The molecule has 0 aliphatic carbocycles. The van der Waals surface area contributed by atoms with Gasteiger partial charge in [-0.2, -0.15) is 0 Å². The van der Waals surface area contributed by atoms with Crippen LogP contribution >= 0.6 is 27.7 Å². The maximum absolute atomic E-state index is 13.1. The molecule has 8 nitrogen and oxygen atoms in total. The molecule has 2 aliphatic rings. The first-order chi connectivity index (χ1) is 18.4. The number of imide groups is 1. The Morgan fingerprint density at radius 2 is 1.79 bits per heavy atom. The third kappa shape index (κ3) is 5.19. The largest absolute Gasteiger partial charge is 0.493 e. The van der Waals surface area contributed by atoms with E-state index >= 15 is 0 Å². The summed E-state index contributed by atoms with van der Waals surface area (Å²) in [7, 11) is 1.44. The average Bonchev–Trinajstić information content (AvgIpc) is 3.54. The molecular weight excluding hydrogens is 572 g/mol. The maximum Gasteiger partial charge on any atom is 0.344 e. The number of rotatable bonds is 6. The van der Waals surface area contributed by atoms with Crippen LogP contribution < -0.4 is 9.47 Å². The highest BCUT2D eigenvalue weighted by molar-refractivity contribution is 9.10. The number of esters is 1. The summed E-state index contributed by atoms with van der Waals surface area (Å²) in [5.74, 6) is -0.839. The molecule has 0 atom stereocenters. The Morgan fingerprint density at radius 3 is 2.55 bits per heavy atom. The van der Waals surface area contributed by atoms with Crippen LogP contribution in [0.2, 0.25) is 0 Å². The molecule has 3 aromatic carbocycles. The molecule has 5 rings (SSSR count). The minimum atomic E-state index is -0.544. The van der Waals surface area contributed by atoms with Gasteiger partial charge in [-0.1, -0.05) is 36.4 Å². The number of nitrogens with zero attached hydrogens (tertiary/aromatic N) is 2. The van der Waals surface area contributed by atoms with Crippen molar-refractivity contribution in [3.63, 3.8) is 0 Å². The molecule has 3 amide bonds. The van der Waals surface area contributed by atoms with E-state index in [0.717, 1.165) is 40.3 Å². The number of hydrogen-bond acceptors (Lipinski definition) is 7. The van der Waals surface area contributed by atoms with E-state index in [1.807, 2.05) is 30.3 Å². The Labute approximate surface area is 231 Å². The van der Waals surface area contributed by atoms with Gasteiger partial charge in [0, 0.05) is 13.1 Å². The van der Waals surface area contributed by atoms with Crippen molar-refractivity contribution >= 4 is 67.6 Å². The van der Waals surface area contributed by atoms with Gasteiger partial charge in [0.15, 0.2) is 11.5 Å². The molecule has 194 valence electrons. The lowest BCUT2D eigenvalue weighted by Crippen LogP contribution is -2.40. The minimum absolute atomic E-state index is 0.187. The summed E-state index contributed by atoms with van der Waals surface area (Å²) in [5, 5.41) is 1.20. The number of methoxy groups -OCH3 is 1. The summed E-state index contributed by atoms with van der Waals surface area (Å²) in [6, 6.07) is 16.2. The summed E-state index contributed by atoms with van der Waals surface area (Å²) in [6.07, 6.45) is 3.41. The number of amides is 3. The van der Waals surface area contributed by atoms with Gasteiger partial charge in [-0.3, -0.25) is 19.3 Å². The van der Waals surface area contributed by atoms with Crippen LogP contribution in [0.5, 0.6) is 11.5 Å². The third-order valence-electron chi connectivity index (χ3n) is 6.38. The molecule has 0 N–H and O–H groups in total. The van der Waals surface area contributed by atoms with Crippen molar-refractivity contribution in [2.75, 3.05) is 26.7 Å². The van der Waals surface area contributed by atoms with Crippen LogP contribution in [0.1, 0.15) is 28.8 Å². The zero-order valence-corrected chi connectivity index (χ0v) is 22.8. The number of likely N-dealkylation sites (tertiary alicyclic amines) is 1. The van der Waals surface area contributed by atoms with Crippen molar-refractivity contribution in [2.24, 2.45) is 0 Å². The van der Waals surface area contributed by atoms with Gasteiger partial charge in [0.1, 0.15) is 6.54 Å². The fourth-order valence-corrected chi connectivity index (χ4v) is 5.84. The van der Waals surface area contributed by atoms with Gasteiger partial charge < -0.3 is 14.4 Å². The van der Waals surface area contributed by atoms with E-state index in [1.54, 1.807) is 35.2 Å². The minimum Gasteiger partial charge on any atom is -0.493 e. The number of thioether (sulfide) groups is 1. The summed E-state index contributed by atoms with van der Waals surface area (Å²) in [5.41, 5.74) is 0.966. The Morgan fingerprint density at radius 1 is 1.05 bits per heavy atom. The molecule has 0 bridgehead atoms. The number of halogens is 1. The van der Waals surface area contributed by atoms with Crippen LogP contribution in [0.3, 0.4) is 0 Å². The molecular formula is C28H23BrN2O6S. The molecule has 2 aliphatic heterocycles. The predicted octanol–water partition coefficient (Wildman–Crippen LogP) is 5.49. The van der Waals surface area contributed by atoms with Gasteiger partial charge in [0.05, 0.1) is 22.1 Å². The molecule has 3 aromatic rings. The standard InChI is InChI=1S/C28H23BrN2O6S/c1-36-22-14-17(15-23-26(33)31(28(35)38-23)16-24(32)30-11-4-5-12-30)13-21(29)25(22)37-27(34)20-10-6-8-18-7-2-3-9-19(18)20/h2-3,6-10,13-15H,4-5,11-12,16H2,1H3/b23-15-. The smallest absolute Gasteiger partial charge is 0.344 e. The highest BCUT2D eigenvalue weighted by atomic mass is 79.9. The lowest BCUT2D eigenvalue weighted by molar-refractivity contribution is -0.135. The van der Waals surface area contributed by atoms with Crippen molar-refractivity contribution in [3.05, 3.63) is 75.1 Å². The van der Waals surface area contributed by atoms with Crippen LogP contribution in [-0.2, 0) is 9.59 Å². The van der Waals surface area contributed by atoms with Crippen molar-refractivity contribution < 1.29 is 28.7 Å². The monoisotopic (exact) mass is 594 g/mol. The van der Waals surface area contributed by atoms with Crippen molar-refractivity contribution in [1.82, 2.24) is 9.80 Å². The van der Waals surface area contributed by atoms with Gasteiger partial charge in [-0.15, -0.1) is 0 Å². The van der Waals surface area contributed by atoms with E-state index in [-0.39, 0.29) is 28.9 Å². The van der Waals surface area contributed by atoms with Crippen LogP contribution in [0, 0.1) is 0 Å². The Bertz CT molecular complexity index is 1490. The molecule has 2 saturated heterocycles. The Kier molecular flexibility index (Phi) is 7.53. The fourth-order valence-electron chi connectivity index (χ4n) is 4.46. The second-order valence-corrected chi connectivity index (χ2v) is 10.7. The molecule has 0 aromatic heterocycles. The lowest BCUT2D eigenvalue weighted by Gasteiger charge is -2.18. The number of hydrogen-bond donors (Lipinski definition) is 0. The number of fused-ring (bicyclic) bond motifs is 1. The van der Waals surface area contributed by atoms with E-state index in [2.05, 4.69) is 15.9 Å². The quantitative estimate of drug-likeness (QED) is 0.212. The van der Waals surface area contributed by atoms with E-state index in [1.165, 1.54) is 7.11 Å². The van der Waals surface area contributed by atoms with E-state index in [0.29, 0.717) is 28.7 Å². The third-order valence-corrected chi connectivity index (χ3v) is 7.88. The molecule has 38 heavy (non-hydrogen) atoms. The summed E-state index contributed by atoms with van der Waals surface area (Å²) >= 11 is 4.22. The van der Waals surface area contributed by atoms with E-state index in [4.69, 9.17) is 9.47 Å². The normalized spacial score (nSPS) is 16.5. The predicted molar refractivity (Wildman–Crippen MR) is 148 cm³/mol. The molecule has 2 fully saturated rings. The zero-order valence-electron chi connectivity index (χ0n) is 20.4. The SMILES string of the molecule is COc1cc(/C=C2\SC(=O)N(CC(=O)N3CCCC3)C2=O)cc(Br)c1OC(=O)c1cccc2ccccc12. The van der Waals surface area contributed by atoms with Gasteiger partial charge in [-0.25, -0.2) is 4.79 Å². The fraction of sp³-hybridized carbons (Fsp3) is 0.214. The summed E-state index contributed by atoms with van der Waals surface area (Å²) in [6.45, 7) is 1.03. The zero-order chi connectivity index (χ0) is 26.8. The molecule has 0 radical (unpaired) electrons. The highest BCUT2D eigenvalue weighted by Crippen LogP contribution is 2.40. The second-order valence-electron chi connectivity index (χ2n) is 8.81. The van der Waals surface area contributed by atoms with Gasteiger partial charge in [0.2, 0.25) is 5.91 Å². The summed E-state index contributed by atoms with van der Waals surface area (Å²) < 4.78 is 11.6.